The summed E-state index contributed by atoms with van der Waals surface area (Å²) < 4.78 is 20.5. The third-order valence-electron chi connectivity index (χ3n) is 4.59. The Hall–Kier alpha value is -3.00. The summed E-state index contributed by atoms with van der Waals surface area (Å²) in [5, 5.41) is 2.60. The van der Waals surface area contributed by atoms with E-state index >= 15 is 0 Å². The van der Waals surface area contributed by atoms with Crippen LogP contribution in [0, 0.1) is 5.82 Å². The van der Waals surface area contributed by atoms with Crippen molar-refractivity contribution >= 4 is 50.0 Å². The van der Waals surface area contributed by atoms with Gasteiger partial charge in [-0.15, -0.1) is 0 Å². The molecule has 1 heterocycles. The van der Waals surface area contributed by atoms with Crippen LogP contribution in [0.3, 0.4) is 0 Å². The first-order chi connectivity index (χ1) is 14.3. The van der Waals surface area contributed by atoms with Gasteiger partial charge >= 0.3 is 6.09 Å². The third-order valence-corrected chi connectivity index (χ3v) is 5.25. The number of anilines is 1. The van der Waals surface area contributed by atoms with Crippen LogP contribution in [-0.4, -0.2) is 37.0 Å². The van der Waals surface area contributed by atoms with E-state index in [-0.39, 0.29) is 24.8 Å². The van der Waals surface area contributed by atoms with Gasteiger partial charge in [0.05, 0.1) is 18.8 Å². The number of nitrogens with one attached hydrogen (secondary N) is 1. The Morgan fingerprint density at radius 2 is 1.93 bits per heavy atom. The van der Waals surface area contributed by atoms with Gasteiger partial charge in [0.15, 0.2) is 5.78 Å². The summed E-state index contributed by atoms with van der Waals surface area (Å²) in [4.78, 5) is 36.3. The second kappa shape index (κ2) is 9.21. The molecule has 0 aliphatic carbocycles. The summed E-state index contributed by atoms with van der Waals surface area (Å²) in [6, 6.07) is 11.5. The predicted octanol–water partition coefficient (Wildman–Crippen LogP) is 4.38. The van der Waals surface area contributed by atoms with E-state index in [0.29, 0.717) is 26.9 Å². The Morgan fingerprint density at radius 1 is 1.23 bits per heavy atom. The zero-order chi connectivity index (χ0) is 21.8. The van der Waals surface area contributed by atoms with Crippen LogP contribution in [0.2, 0.25) is 0 Å². The standard InChI is InChI=1S/C22H20BrFN2O4/c1-13(27)18-5-3-4-6-19(18)20(23)9-15-7-8-16(10-21(15)24)26-12-17(30-22(26)29)11-25-14(2)28/h3-10,17H,11-12H2,1-2H3,(H,25,28)/b20-9-/t17-/m0/s1. The topological polar surface area (TPSA) is 75.7 Å². The first-order valence-electron chi connectivity index (χ1n) is 9.26. The molecule has 6 nitrogen and oxygen atoms in total. The lowest BCUT2D eigenvalue weighted by Crippen LogP contribution is -2.33. The number of rotatable bonds is 6. The number of Topliss-reactive ketones (excluding diaryl/α,β-unsaturated/α-hetero) is 1. The van der Waals surface area contributed by atoms with Crippen LogP contribution in [0.4, 0.5) is 14.9 Å². The van der Waals surface area contributed by atoms with Gasteiger partial charge in [0.25, 0.3) is 0 Å². The number of ketones is 1. The van der Waals surface area contributed by atoms with Crippen molar-refractivity contribution in [2.45, 2.75) is 20.0 Å². The molecule has 1 atom stereocenters. The Bertz CT molecular complexity index is 1040. The summed E-state index contributed by atoms with van der Waals surface area (Å²) in [6.45, 7) is 3.26. The summed E-state index contributed by atoms with van der Waals surface area (Å²) in [6.07, 6.45) is 0.494. The average Bonchev–Trinajstić information content (AvgIpc) is 3.08. The summed E-state index contributed by atoms with van der Waals surface area (Å²) in [7, 11) is 0. The molecule has 2 aromatic rings. The lowest BCUT2D eigenvalue weighted by Gasteiger charge is -2.14. The van der Waals surface area contributed by atoms with Gasteiger partial charge in [0, 0.05) is 22.5 Å². The lowest BCUT2D eigenvalue weighted by molar-refractivity contribution is -0.119. The Kier molecular flexibility index (Phi) is 6.66. The minimum Gasteiger partial charge on any atom is -0.442 e. The van der Waals surface area contributed by atoms with Gasteiger partial charge in [-0.1, -0.05) is 40.2 Å². The Labute approximate surface area is 181 Å². The maximum atomic E-state index is 14.7. The number of nitrogens with zero attached hydrogens (tertiary/aromatic N) is 1. The molecular formula is C22H20BrFN2O4. The predicted molar refractivity (Wildman–Crippen MR) is 116 cm³/mol. The van der Waals surface area contributed by atoms with E-state index in [1.54, 1.807) is 42.5 Å². The number of benzene rings is 2. The Morgan fingerprint density at radius 3 is 2.57 bits per heavy atom. The third kappa shape index (κ3) is 4.94. The van der Waals surface area contributed by atoms with Gasteiger partial charge in [-0.05, 0) is 36.8 Å². The molecule has 30 heavy (non-hydrogen) atoms. The number of carbonyl (C=O) groups is 3. The van der Waals surface area contributed by atoms with Crippen molar-refractivity contribution in [2.75, 3.05) is 18.0 Å². The SMILES string of the molecule is CC(=O)NC[C@H]1CN(c2ccc(/C=C(\Br)c3ccccc3C(C)=O)c(F)c2)C(=O)O1. The molecule has 1 saturated heterocycles. The van der Waals surface area contributed by atoms with Crippen LogP contribution in [0.1, 0.15) is 35.3 Å². The molecule has 0 radical (unpaired) electrons. The van der Waals surface area contributed by atoms with Crippen molar-refractivity contribution in [1.29, 1.82) is 0 Å². The molecule has 1 fully saturated rings. The molecule has 0 unspecified atom stereocenters. The van der Waals surface area contributed by atoms with Crippen LogP contribution in [0.5, 0.6) is 0 Å². The van der Waals surface area contributed by atoms with Gasteiger partial charge in [-0.25, -0.2) is 9.18 Å². The quantitative estimate of drug-likeness (QED) is 0.497. The second-order valence-electron chi connectivity index (χ2n) is 6.85. The summed E-state index contributed by atoms with van der Waals surface area (Å²) in [5.74, 6) is -0.834. The van der Waals surface area contributed by atoms with E-state index in [9.17, 15) is 18.8 Å². The largest absolute Gasteiger partial charge is 0.442 e. The van der Waals surface area contributed by atoms with Gasteiger partial charge in [0.1, 0.15) is 11.9 Å². The zero-order valence-electron chi connectivity index (χ0n) is 16.4. The maximum absolute atomic E-state index is 14.7. The van der Waals surface area contributed by atoms with Crippen LogP contribution in [-0.2, 0) is 9.53 Å². The van der Waals surface area contributed by atoms with E-state index < -0.39 is 18.0 Å². The number of amides is 2. The van der Waals surface area contributed by atoms with Gasteiger partial charge in [-0.2, -0.15) is 0 Å². The molecule has 3 rings (SSSR count). The van der Waals surface area contributed by atoms with Crippen molar-refractivity contribution in [1.82, 2.24) is 5.32 Å². The molecule has 8 heteroatoms. The maximum Gasteiger partial charge on any atom is 0.414 e. The molecular weight excluding hydrogens is 455 g/mol. The van der Waals surface area contributed by atoms with E-state index in [1.807, 2.05) is 0 Å². The molecule has 1 aliphatic heterocycles. The zero-order valence-corrected chi connectivity index (χ0v) is 18.0. The number of ether oxygens (including phenoxy) is 1. The number of hydrogen-bond acceptors (Lipinski definition) is 4. The van der Waals surface area contributed by atoms with Crippen molar-refractivity contribution in [3.63, 3.8) is 0 Å². The Balaban J connectivity index is 1.81. The van der Waals surface area contributed by atoms with E-state index in [4.69, 9.17) is 4.74 Å². The highest BCUT2D eigenvalue weighted by Crippen LogP contribution is 2.30. The van der Waals surface area contributed by atoms with Crippen LogP contribution in [0.25, 0.3) is 10.6 Å². The fourth-order valence-corrected chi connectivity index (χ4v) is 3.70. The fraction of sp³-hybridized carbons (Fsp3) is 0.227. The highest BCUT2D eigenvalue weighted by atomic mass is 79.9. The molecule has 1 aliphatic rings. The van der Waals surface area contributed by atoms with Crippen molar-refractivity contribution in [3.8, 4) is 0 Å². The fourth-order valence-electron chi connectivity index (χ4n) is 3.11. The first-order valence-corrected chi connectivity index (χ1v) is 10.0. The van der Waals surface area contributed by atoms with Gasteiger partial charge < -0.3 is 10.1 Å². The molecule has 0 aromatic heterocycles. The second-order valence-corrected chi connectivity index (χ2v) is 7.71. The van der Waals surface area contributed by atoms with Crippen LogP contribution >= 0.6 is 15.9 Å². The van der Waals surface area contributed by atoms with Gasteiger partial charge in [-0.3, -0.25) is 14.5 Å². The van der Waals surface area contributed by atoms with E-state index in [2.05, 4.69) is 21.2 Å². The minimum atomic E-state index is -0.593. The van der Waals surface area contributed by atoms with Crippen LogP contribution in [0.15, 0.2) is 42.5 Å². The van der Waals surface area contributed by atoms with E-state index in [0.717, 1.165) is 0 Å². The number of halogens is 2. The smallest absolute Gasteiger partial charge is 0.414 e. The highest BCUT2D eigenvalue weighted by Gasteiger charge is 2.32. The lowest BCUT2D eigenvalue weighted by atomic mass is 10.0. The number of carbonyl (C=O) groups excluding carboxylic acids is 3. The van der Waals surface area contributed by atoms with Crippen molar-refractivity contribution in [2.24, 2.45) is 0 Å². The first kappa shape index (κ1) is 21.7. The molecule has 156 valence electrons. The minimum absolute atomic E-state index is 0.0897. The molecule has 2 amide bonds. The van der Waals surface area contributed by atoms with Gasteiger partial charge in [0.2, 0.25) is 5.91 Å². The summed E-state index contributed by atoms with van der Waals surface area (Å²) >= 11 is 3.43. The number of hydrogen-bond donors (Lipinski definition) is 1. The van der Waals surface area contributed by atoms with E-state index in [1.165, 1.54) is 24.8 Å². The summed E-state index contributed by atoms with van der Waals surface area (Å²) in [5.41, 5.74) is 1.85. The number of cyclic esters (lactones) is 1. The molecule has 0 spiro atoms. The molecule has 1 N–H and O–H groups in total. The molecule has 2 aromatic carbocycles. The van der Waals surface area contributed by atoms with Crippen molar-refractivity contribution < 1.29 is 23.5 Å². The molecule has 0 bridgehead atoms. The highest BCUT2D eigenvalue weighted by molar-refractivity contribution is 9.15. The van der Waals surface area contributed by atoms with Crippen LogP contribution < -0.4 is 10.2 Å². The normalized spacial score (nSPS) is 16.4. The monoisotopic (exact) mass is 474 g/mol. The average molecular weight is 475 g/mol. The van der Waals surface area contributed by atoms with Crippen molar-refractivity contribution in [3.05, 3.63) is 65.0 Å². The molecule has 0 saturated carbocycles.